The first kappa shape index (κ1) is 15.3. The first-order valence-electron chi connectivity index (χ1n) is 7.52. The Bertz CT molecular complexity index is 1100. The van der Waals surface area contributed by atoms with E-state index in [9.17, 15) is 13.6 Å². The number of ether oxygens (including phenoxy) is 1. The van der Waals surface area contributed by atoms with E-state index in [1.165, 1.54) is 23.0 Å². The topological polar surface area (TPSA) is 57.3 Å². The third-order valence-corrected chi connectivity index (χ3v) is 3.85. The van der Waals surface area contributed by atoms with Gasteiger partial charge in [0.25, 0.3) is 5.56 Å². The van der Waals surface area contributed by atoms with Crippen molar-refractivity contribution in [3.05, 3.63) is 70.8 Å². The van der Waals surface area contributed by atoms with Gasteiger partial charge in [0.2, 0.25) is 5.58 Å². The van der Waals surface area contributed by atoms with Gasteiger partial charge < -0.3 is 9.15 Å². The second-order valence-corrected chi connectivity index (χ2v) is 5.48. The molecule has 2 aromatic carbocycles. The molecular weight excluding hydrogens is 330 g/mol. The molecule has 25 heavy (non-hydrogen) atoms. The van der Waals surface area contributed by atoms with E-state index in [1.54, 1.807) is 18.2 Å². The van der Waals surface area contributed by atoms with Gasteiger partial charge in [-0.05, 0) is 29.8 Å². The summed E-state index contributed by atoms with van der Waals surface area (Å²) in [6, 6.07) is 13.4. The Morgan fingerprint density at radius 2 is 1.88 bits per heavy atom. The number of rotatable bonds is 4. The molecule has 0 N–H and O–H groups in total. The number of benzene rings is 2. The van der Waals surface area contributed by atoms with Crippen LogP contribution in [0.1, 0.15) is 5.56 Å². The Labute approximate surface area is 140 Å². The lowest BCUT2D eigenvalue weighted by molar-refractivity contribution is -0.0498. The van der Waals surface area contributed by atoms with Gasteiger partial charge in [-0.1, -0.05) is 24.3 Å². The summed E-state index contributed by atoms with van der Waals surface area (Å²) in [4.78, 5) is 16.9. The molecule has 0 amide bonds. The second-order valence-electron chi connectivity index (χ2n) is 5.48. The Kier molecular flexibility index (Phi) is 3.68. The highest BCUT2D eigenvalue weighted by atomic mass is 19.3. The molecule has 0 aliphatic carbocycles. The predicted molar refractivity (Wildman–Crippen MR) is 88.0 cm³/mol. The Balaban J connectivity index is 1.69. The van der Waals surface area contributed by atoms with E-state index in [0.717, 1.165) is 10.9 Å². The minimum Gasteiger partial charge on any atom is -0.448 e. The number of fused-ring (bicyclic) bond motifs is 3. The molecule has 2 aromatic heterocycles. The van der Waals surface area contributed by atoms with E-state index >= 15 is 0 Å². The number of hydrogen-bond donors (Lipinski definition) is 0. The van der Waals surface area contributed by atoms with E-state index < -0.39 is 6.61 Å². The molecule has 0 saturated heterocycles. The largest absolute Gasteiger partial charge is 0.448 e. The van der Waals surface area contributed by atoms with Crippen LogP contribution < -0.4 is 10.3 Å². The van der Waals surface area contributed by atoms with Gasteiger partial charge in [-0.15, -0.1) is 0 Å². The molecule has 0 unspecified atom stereocenters. The van der Waals surface area contributed by atoms with E-state index in [1.807, 2.05) is 18.2 Å². The third kappa shape index (κ3) is 2.84. The summed E-state index contributed by atoms with van der Waals surface area (Å²) < 4.78 is 35.7. The van der Waals surface area contributed by atoms with Crippen LogP contribution in [0.2, 0.25) is 0 Å². The molecule has 0 aliphatic rings. The van der Waals surface area contributed by atoms with Gasteiger partial charge in [0.1, 0.15) is 16.8 Å². The summed E-state index contributed by atoms with van der Waals surface area (Å²) in [5.74, 6) is 0.0666. The maximum atomic E-state index is 12.6. The Morgan fingerprint density at radius 3 is 2.64 bits per heavy atom. The van der Waals surface area contributed by atoms with Crippen LogP contribution in [0.15, 0.2) is 64.1 Å². The number of aromatic nitrogens is 2. The molecule has 7 heteroatoms. The molecule has 2 heterocycles. The molecule has 4 rings (SSSR count). The highest BCUT2D eigenvalue weighted by Crippen LogP contribution is 2.24. The fraction of sp³-hybridized carbons (Fsp3) is 0.111. The minimum atomic E-state index is -2.87. The first-order chi connectivity index (χ1) is 12.1. The van der Waals surface area contributed by atoms with Crippen molar-refractivity contribution in [1.82, 2.24) is 9.55 Å². The van der Waals surface area contributed by atoms with E-state index in [0.29, 0.717) is 11.1 Å². The third-order valence-electron chi connectivity index (χ3n) is 3.85. The maximum Gasteiger partial charge on any atom is 0.387 e. The quantitative estimate of drug-likeness (QED) is 0.566. The summed E-state index contributed by atoms with van der Waals surface area (Å²) in [5.41, 5.74) is 1.78. The molecule has 0 atom stereocenters. The molecule has 5 nitrogen and oxygen atoms in total. The average Bonchev–Trinajstić information content (AvgIpc) is 2.98. The number of hydrogen-bond acceptors (Lipinski definition) is 4. The molecule has 0 bridgehead atoms. The van der Waals surface area contributed by atoms with Crippen LogP contribution >= 0.6 is 0 Å². The summed E-state index contributed by atoms with van der Waals surface area (Å²) >= 11 is 0. The average molecular weight is 342 g/mol. The van der Waals surface area contributed by atoms with E-state index in [2.05, 4.69) is 9.72 Å². The minimum absolute atomic E-state index is 0.0666. The van der Waals surface area contributed by atoms with Crippen molar-refractivity contribution in [1.29, 1.82) is 0 Å². The number of alkyl halides is 2. The molecule has 0 aliphatic heterocycles. The molecular formula is C18H12F2N2O3. The highest BCUT2D eigenvalue weighted by Gasteiger charge is 2.13. The smallest absolute Gasteiger partial charge is 0.387 e. The van der Waals surface area contributed by atoms with Gasteiger partial charge in [0, 0.05) is 5.39 Å². The Morgan fingerprint density at radius 1 is 1.12 bits per heavy atom. The van der Waals surface area contributed by atoms with Gasteiger partial charge in [-0.25, -0.2) is 4.98 Å². The SMILES string of the molecule is O=c1c2oc3ccccc3c2ncn1Cc1ccc(OC(F)F)cc1. The molecule has 0 fully saturated rings. The second kappa shape index (κ2) is 6.01. The van der Waals surface area contributed by atoms with Crippen molar-refractivity contribution in [3.8, 4) is 5.75 Å². The van der Waals surface area contributed by atoms with Crippen molar-refractivity contribution in [2.45, 2.75) is 13.2 Å². The van der Waals surface area contributed by atoms with Crippen molar-refractivity contribution in [2.75, 3.05) is 0 Å². The summed E-state index contributed by atoms with van der Waals surface area (Å²) in [5, 5.41) is 0.787. The fourth-order valence-corrected chi connectivity index (χ4v) is 2.70. The van der Waals surface area contributed by atoms with Crippen LogP contribution in [0.25, 0.3) is 22.1 Å². The van der Waals surface area contributed by atoms with Gasteiger partial charge in [0.05, 0.1) is 12.9 Å². The zero-order valence-corrected chi connectivity index (χ0v) is 12.9. The van der Waals surface area contributed by atoms with Crippen molar-refractivity contribution < 1.29 is 17.9 Å². The normalized spacial score (nSPS) is 11.5. The first-order valence-corrected chi connectivity index (χ1v) is 7.52. The fourth-order valence-electron chi connectivity index (χ4n) is 2.70. The summed E-state index contributed by atoms with van der Waals surface area (Å²) in [6.07, 6.45) is 1.45. The standard InChI is InChI=1S/C18H12F2N2O3/c19-18(20)24-12-7-5-11(6-8-12)9-22-10-21-15-13-3-1-2-4-14(13)25-16(15)17(22)23/h1-8,10,18H,9H2. The van der Waals surface area contributed by atoms with Gasteiger partial charge in [0.15, 0.2) is 0 Å². The van der Waals surface area contributed by atoms with Crippen molar-refractivity contribution >= 4 is 22.1 Å². The number of halogens is 2. The van der Waals surface area contributed by atoms with Gasteiger partial charge in [-0.2, -0.15) is 8.78 Å². The highest BCUT2D eigenvalue weighted by molar-refractivity contribution is 6.01. The lowest BCUT2D eigenvalue weighted by Crippen LogP contribution is -2.20. The zero-order valence-electron chi connectivity index (χ0n) is 12.9. The van der Waals surface area contributed by atoms with Crippen LogP contribution in [-0.4, -0.2) is 16.2 Å². The number of furan rings is 1. The van der Waals surface area contributed by atoms with Crippen LogP contribution in [0.5, 0.6) is 5.75 Å². The van der Waals surface area contributed by atoms with Gasteiger partial charge in [-0.3, -0.25) is 9.36 Å². The van der Waals surface area contributed by atoms with Crippen LogP contribution in [0.4, 0.5) is 8.78 Å². The van der Waals surface area contributed by atoms with Crippen LogP contribution in [0.3, 0.4) is 0 Å². The number of nitrogens with zero attached hydrogens (tertiary/aromatic N) is 2. The molecule has 126 valence electrons. The van der Waals surface area contributed by atoms with Crippen LogP contribution in [0, 0.1) is 0 Å². The summed E-state index contributed by atoms with van der Waals surface area (Å²) in [6.45, 7) is -2.62. The maximum absolute atomic E-state index is 12.6. The molecule has 0 radical (unpaired) electrons. The monoisotopic (exact) mass is 342 g/mol. The van der Waals surface area contributed by atoms with Crippen LogP contribution in [-0.2, 0) is 6.54 Å². The number of para-hydroxylation sites is 1. The molecule has 0 spiro atoms. The lowest BCUT2D eigenvalue weighted by atomic mass is 10.2. The van der Waals surface area contributed by atoms with Crippen molar-refractivity contribution in [2.24, 2.45) is 0 Å². The molecule has 0 saturated carbocycles. The van der Waals surface area contributed by atoms with Gasteiger partial charge >= 0.3 is 6.61 Å². The van der Waals surface area contributed by atoms with E-state index in [4.69, 9.17) is 4.42 Å². The predicted octanol–water partition coefficient (Wildman–Crippen LogP) is 3.79. The van der Waals surface area contributed by atoms with Crippen molar-refractivity contribution in [3.63, 3.8) is 0 Å². The zero-order chi connectivity index (χ0) is 17.4. The Hall–Kier alpha value is -3.22. The van der Waals surface area contributed by atoms with E-state index in [-0.39, 0.29) is 23.4 Å². The lowest BCUT2D eigenvalue weighted by Gasteiger charge is -2.07. The summed E-state index contributed by atoms with van der Waals surface area (Å²) in [7, 11) is 0. The molecule has 4 aromatic rings.